The predicted octanol–water partition coefficient (Wildman–Crippen LogP) is 1.26. The molecule has 1 N–H and O–H groups in total. The van der Waals surface area contributed by atoms with Crippen LogP contribution in [0, 0.1) is 5.82 Å². The van der Waals surface area contributed by atoms with Crippen molar-refractivity contribution in [3.8, 4) is 0 Å². The minimum atomic E-state index is -0.323. The molecular weight excluding hydrogens is 349 g/mol. The number of halogens is 1. The first-order chi connectivity index (χ1) is 13.1. The van der Waals surface area contributed by atoms with E-state index in [2.05, 4.69) is 30.2 Å². The first-order valence-electron chi connectivity index (χ1n) is 8.75. The Hall–Kier alpha value is -3.07. The summed E-state index contributed by atoms with van der Waals surface area (Å²) in [4.78, 5) is 25.2. The number of rotatable bonds is 4. The molecule has 2 aromatic heterocycles. The summed E-state index contributed by atoms with van der Waals surface area (Å²) in [7, 11) is 1.86. The van der Waals surface area contributed by atoms with Crippen LogP contribution in [0.5, 0.6) is 0 Å². The van der Waals surface area contributed by atoms with Crippen LogP contribution in [-0.4, -0.2) is 63.3 Å². The lowest BCUT2D eigenvalue weighted by atomic mass is 10.2. The zero-order chi connectivity index (χ0) is 18.8. The molecule has 1 aromatic carbocycles. The van der Waals surface area contributed by atoms with Gasteiger partial charge in [-0.25, -0.2) is 14.4 Å². The van der Waals surface area contributed by atoms with Gasteiger partial charge in [-0.2, -0.15) is 5.10 Å². The highest BCUT2D eigenvalue weighted by Crippen LogP contribution is 2.23. The fraction of sp³-hybridized carbons (Fsp3) is 0.333. The van der Waals surface area contributed by atoms with Gasteiger partial charge in [0.1, 0.15) is 18.0 Å². The number of anilines is 2. The molecule has 1 aliphatic heterocycles. The summed E-state index contributed by atoms with van der Waals surface area (Å²) in [6.07, 6.45) is 3.34. The largest absolute Gasteiger partial charge is 0.353 e. The van der Waals surface area contributed by atoms with Gasteiger partial charge in [-0.3, -0.25) is 14.4 Å². The molecular formula is C18H20FN7O. The maximum atomic E-state index is 12.9. The molecule has 0 atom stereocenters. The van der Waals surface area contributed by atoms with E-state index in [4.69, 9.17) is 0 Å². The van der Waals surface area contributed by atoms with Crippen molar-refractivity contribution < 1.29 is 9.18 Å². The Bertz CT molecular complexity index is 948. The van der Waals surface area contributed by atoms with E-state index in [1.54, 1.807) is 29.3 Å². The van der Waals surface area contributed by atoms with E-state index < -0.39 is 0 Å². The number of aromatic nitrogens is 4. The summed E-state index contributed by atoms with van der Waals surface area (Å²) in [6.45, 7) is 3.35. The molecule has 3 heterocycles. The lowest BCUT2D eigenvalue weighted by Gasteiger charge is -2.35. The summed E-state index contributed by atoms with van der Waals surface area (Å²) in [5.74, 6) is 0.451. The molecule has 1 amide bonds. The van der Waals surface area contributed by atoms with Crippen LogP contribution in [0.4, 0.5) is 15.9 Å². The van der Waals surface area contributed by atoms with Gasteiger partial charge in [0.05, 0.1) is 18.1 Å². The summed E-state index contributed by atoms with van der Waals surface area (Å²) in [6, 6.07) is 5.77. The van der Waals surface area contributed by atoms with Gasteiger partial charge >= 0.3 is 0 Å². The summed E-state index contributed by atoms with van der Waals surface area (Å²) < 4.78 is 14.7. The van der Waals surface area contributed by atoms with Crippen LogP contribution < -0.4 is 10.2 Å². The Balaban J connectivity index is 1.34. The van der Waals surface area contributed by atoms with Crippen molar-refractivity contribution in [3.05, 3.63) is 42.6 Å². The van der Waals surface area contributed by atoms with E-state index in [1.165, 1.54) is 12.1 Å². The third-order valence-corrected chi connectivity index (χ3v) is 4.68. The number of nitrogens with zero attached hydrogens (tertiary/aromatic N) is 6. The average molecular weight is 369 g/mol. The lowest BCUT2D eigenvalue weighted by molar-refractivity contribution is -0.117. The molecule has 4 rings (SSSR count). The second-order valence-electron chi connectivity index (χ2n) is 6.52. The van der Waals surface area contributed by atoms with E-state index in [1.807, 2.05) is 7.05 Å². The molecule has 8 nitrogen and oxygen atoms in total. The van der Waals surface area contributed by atoms with Crippen LogP contribution >= 0.6 is 0 Å². The van der Waals surface area contributed by atoms with E-state index in [0.29, 0.717) is 12.2 Å². The monoisotopic (exact) mass is 369 g/mol. The fourth-order valence-electron chi connectivity index (χ4n) is 3.26. The van der Waals surface area contributed by atoms with Gasteiger partial charge in [-0.15, -0.1) is 0 Å². The Kier molecular flexibility index (Phi) is 4.68. The number of carbonyl (C=O) groups excluding carboxylic acids is 1. The zero-order valence-corrected chi connectivity index (χ0v) is 15.0. The number of amides is 1. The van der Waals surface area contributed by atoms with E-state index in [9.17, 15) is 9.18 Å². The van der Waals surface area contributed by atoms with Crippen LogP contribution in [0.25, 0.3) is 11.0 Å². The molecule has 3 aromatic rings. The predicted molar refractivity (Wildman–Crippen MR) is 100.0 cm³/mol. The maximum Gasteiger partial charge on any atom is 0.238 e. The van der Waals surface area contributed by atoms with E-state index in [-0.39, 0.29) is 11.7 Å². The van der Waals surface area contributed by atoms with Crippen molar-refractivity contribution in [2.75, 3.05) is 42.9 Å². The first kappa shape index (κ1) is 17.3. The third kappa shape index (κ3) is 3.72. The van der Waals surface area contributed by atoms with Gasteiger partial charge in [0.15, 0.2) is 5.65 Å². The number of fused-ring (bicyclic) bond motifs is 1. The fourth-order valence-corrected chi connectivity index (χ4v) is 3.26. The van der Waals surface area contributed by atoms with Crippen molar-refractivity contribution in [3.63, 3.8) is 0 Å². The minimum absolute atomic E-state index is 0.105. The summed E-state index contributed by atoms with van der Waals surface area (Å²) in [5, 5.41) is 7.98. The normalized spacial score (nSPS) is 15.3. The van der Waals surface area contributed by atoms with Gasteiger partial charge in [0, 0.05) is 38.9 Å². The first-order valence-corrected chi connectivity index (χ1v) is 8.75. The van der Waals surface area contributed by atoms with Crippen LogP contribution in [0.3, 0.4) is 0 Å². The van der Waals surface area contributed by atoms with Gasteiger partial charge < -0.3 is 10.2 Å². The van der Waals surface area contributed by atoms with Crippen molar-refractivity contribution in [2.45, 2.75) is 0 Å². The summed E-state index contributed by atoms with van der Waals surface area (Å²) >= 11 is 0. The Morgan fingerprint density at radius 2 is 1.89 bits per heavy atom. The molecule has 1 fully saturated rings. The van der Waals surface area contributed by atoms with Gasteiger partial charge in [-0.1, -0.05) is 0 Å². The van der Waals surface area contributed by atoms with Crippen LogP contribution in [-0.2, 0) is 11.8 Å². The molecule has 0 spiro atoms. The number of carbonyl (C=O) groups is 1. The number of aryl methyl sites for hydroxylation is 1. The Morgan fingerprint density at radius 3 is 2.63 bits per heavy atom. The van der Waals surface area contributed by atoms with Crippen LogP contribution in [0.1, 0.15) is 0 Å². The molecule has 0 unspecified atom stereocenters. The SMILES string of the molecule is Cn1ncc2c(N3CCN(CC(=O)Nc4ccc(F)cc4)CC3)ncnc21. The van der Waals surface area contributed by atoms with Gasteiger partial charge in [0.25, 0.3) is 0 Å². The molecule has 0 bridgehead atoms. The van der Waals surface area contributed by atoms with Gasteiger partial charge in [-0.05, 0) is 24.3 Å². The molecule has 9 heteroatoms. The molecule has 0 radical (unpaired) electrons. The number of hydrogen-bond acceptors (Lipinski definition) is 6. The molecule has 0 saturated carbocycles. The van der Waals surface area contributed by atoms with E-state index >= 15 is 0 Å². The topological polar surface area (TPSA) is 79.2 Å². The highest BCUT2D eigenvalue weighted by molar-refractivity contribution is 5.92. The number of benzene rings is 1. The molecule has 27 heavy (non-hydrogen) atoms. The standard InChI is InChI=1S/C18H20FN7O/c1-24-17-15(10-22-24)18(21-12-20-17)26-8-6-25(7-9-26)11-16(27)23-14-4-2-13(19)3-5-14/h2-5,10,12H,6-9,11H2,1H3,(H,23,27). The smallest absolute Gasteiger partial charge is 0.238 e. The number of hydrogen-bond donors (Lipinski definition) is 1. The lowest BCUT2D eigenvalue weighted by Crippen LogP contribution is -2.49. The number of piperazine rings is 1. The highest BCUT2D eigenvalue weighted by Gasteiger charge is 2.22. The maximum absolute atomic E-state index is 12.9. The van der Waals surface area contributed by atoms with E-state index in [0.717, 1.165) is 43.0 Å². The molecule has 1 saturated heterocycles. The molecule has 1 aliphatic rings. The highest BCUT2D eigenvalue weighted by atomic mass is 19.1. The summed E-state index contributed by atoms with van der Waals surface area (Å²) in [5.41, 5.74) is 1.40. The van der Waals surface area contributed by atoms with Crippen molar-refractivity contribution in [1.82, 2.24) is 24.6 Å². The van der Waals surface area contributed by atoms with Crippen LogP contribution in [0.15, 0.2) is 36.8 Å². The third-order valence-electron chi connectivity index (χ3n) is 4.68. The zero-order valence-electron chi connectivity index (χ0n) is 15.0. The van der Waals surface area contributed by atoms with Crippen LogP contribution in [0.2, 0.25) is 0 Å². The van der Waals surface area contributed by atoms with Crippen molar-refractivity contribution >= 4 is 28.4 Å². The quantitative estimate of drug-likeness (QED) is 0.746. The Labute approximate surface area is 155 Å². The Morgan fingerprint density at radius 1 is 1.15 bits per heavy atom. The van der Waals surface area contributed by atoms with Crippen molar-refractivity contribution in [1.29, 1.82) is 0 Å². The molecule has 140 valence electrons. The second-order valence-corrected chi connectivity index (χ2v) is 6.52. The molecule has 0 aliphatic carbocycles. The average Bonchev–Trinajstić information content (AvgIpc) is 3.06. The second kappa shape index (κ2) is 7.28. The minimum Gasteiger partial charge on any atom is -0.353 e. The van der Waals surface area contributed by atoms with Gasteiger partial charge in [0.2, 0.25) is 5.91 Å². The number of nitrogens with one attached hydrogen (secondary N) is 1. The van der Waals surface area contributed by atoms with Crippen molar-refractivity contribution in [2.24, 2.45) is 7.05 Å².